The number of aliphatic hydroxyl groups excluding tert-OH is 1. The standard InChI is InChI=1S/C19H23NO3/c21-13-7-12-20(14-17-8-3-1-4-9-17)15-19(22)23-16-18-10-5-2-6-11-18/h1-6,8-11,21H,7,12-16H2. The van der Waals surface area contributed by atoms with E-state index in [1.807, 2.05) is 65.6 Å². The van der Waals surface area contributed by atoms with Crippen LogP contribution in [0.1, 0.15) is 17.5 Å². The van der Waals surface area contributed by atoms with Gasteiger partial charge < -0.3 is 9.84 Å². The fraction of sp³-hybridized carbons (Fsp3) is 0.316. The Morgan fingerprint density at radius 2 is 1.57 bits per heavy atom. The zero-order chi connectivity index (χ0) is 16.3. The molecule has 0 aliphatic rings. The molecule has 4 nitrogen and oxygen atoms in total. The van der Waals surface area contributed by atoms with Crippen molar-refractivity contribution in [3.63, 3.8) is 0 Å². The number of carbonyl (C=O) groups excluding carboxylic acids is 1. The molecule has 0 saturated carbocycles. The van der Waals surface area contributed by atoms with E-state index in [9.17, 15) is 4.79 Å². The minimum Gasteiger partial charge on any atom is -0.460 e. The second-order valence-corrected chi connectivity index (χ2v) is 5.42. The highest BCUT2D eigenvalue weighted by Gasteiger charge is 2.12. The Hall–Kier alpha value is -2.17. The number of carbonyl (C=O) groups is 1. The van der Waals surface area contributed by atoms with Gasteiger partial charge in [-0.15, -0.1) is 0 Å². The number of ether oxygens (including phenoxy) is 1. The Bertz CT molecular complexity index is 572. The van der Waals surface area contributed by atoms with E-state index >= 15 is 0 Å². The van der Waals surface area contributed by atoms with Gasteiger partial charge in [-0.3, -0.25) is 9.69 Å². The van der Waals surface area contributed by atoms with Gasteiger partial charge >= 0.3 is 5.97 Å². The number of rotatable bonds is 9. The molecule has 1 N–H and O–H groups in total. The second-order valence-electron chi connectivity index (χ2n) is 5.42. The van der Waals surface area contributed by atoms with Crippen LogP contribution >= 0.6 is 0 Å². The van der Waals surface area contributed by atoms with Gasteiger partial charge in [0.15, 0.2) is 0 Å². The fourth-order valence-electron chi connectivity index (χ4n) is 2.32. The molecule has 0 heterocycles. The molecule has 2 aromatic rings. The van der Waals surface area contributed by atoms with Gasteiger partial charge in [-0.05, 0) is 17.5 Å². The number of hydrogen-bond donors (Lipinski definition) is 1. The predicted octanol–water partition coefficient (Wildman–Crippen LogP) is 2.61. The second kappa shape index (κ2) is 9.77. The molecule has 0 unspecified atom stereocenters. The van der Waals surface area contributed by atoms with E-state index in [0.29, 0.717) is 26.1 Å². The molecule has 0 aliphatic heterocycles. The highest BCUT2D eigenvalue weighted by Crippen LogP contribution is 2.06. The van der Waals surface area contributed by atoms with E-state index in [2.05, 4.69) is 0 Å². The Labute approximate surface area is 137 Å². The Kier molecular flexibility index (Phi) is 7.30. The summed E-state index contributed by atoms with van der Waals surface area (Å²) in [5.74, 6) is -0.247. The summed E-state index contributed by atoms with van der Waals surface area (Å²) in [5.41, 5.74) is 2.12. The van der Waals surface area contributed by atoms with E-state index in [0.717, 1.165) is 11.1 Å². The number of nitrogens with zero attached hydrogens (tertiary/aromatic N) is 1. The van der Waals surface area contributed by atoms with Crippen LogP contribution in [0.2, 0.25) is 0 Å². The molecule has 0 atom stereocenters. The van der Waals surface area contributed by atoms with Gasteiger partial charge in [0.1, 0.15) is 6.61 Å². The summed E-state index contributed by atoms with van der Waals surface area (Å²) in [6, 6.07) is 19.6. The first-order valence-electron chi connectivity index (χ1n) is 7.84. The van der Waals surface area contributed by atoms with Crippen molar-refractivity contribution in [2.24, 2.45) is 0 Å². The van der Waals surface area contributed by atoms with Crippen LogP contribution in [0.5, 0.6) is 0 Å². The maximum atomic E-state index is 12.1. The third-order valence-corrected chi connectivity index (χ3v) is 3.48. The molecule has 122 valence electrons. The Balaban J connectivity index is 1.84. The van der Waals surface area contributed by atoms with E-state index in [1.165, 1.54) is 0 Å². The Morgan fingerprint density at radius 1 is 0.957 bits per heavy atom. The maximum absolute atomic E-state index is 12.1. The van der Waals surface area contributed by atoms with Gasteiger partial charge in [0, 0.05) is 19.7 Å². The normalized spacial score (nSPS) is 10.7. The minimum absolute atomic E-state index is 0.115. The largest absolute Gasteiger partial charge is 0.460 e. The molecule has 0 aliphatic carbocycles. The SMILES string of the molecule is O=C(CN(CCCO)Cc1ccccc1)OCc1ccccc1. The van der Waals surface area contributed by atoms with Crippen LogP contribution in [0.4, 0.5) is 0 Å². The fourth-order valence-corrected chi connectivity index (χ4v) is 2.32. The lowest BCUT2D eigenvalue weighted by Gasteiger charge is -2.21. The van der Waals surface area contributed by atoms with Crippen molar-refractivity contribution in [2.75, 3.05) is 19.7 Å². The molecule has 0 bridgehead atoms. The van der Waals surface area contributed by atoms with Crippen molar-refractivity contribution in [1.82, 2.24) is 4.90 Å². The van der Waals surface area contributed by atoms with E-state index in [1.54, 1.807) is 0 Å². The Morgan fingerprint density at radius 3 is 2.17 bits per heavy atom. The van der Waals surface area contributed by atoms with Gasteiger partial charge in [-0.1, -0.05) is 60.7 Å². The lowest BCUT2D eigenvalue weighted by molar-refractivity contribution is -0.146. The smallest absolute Gasteiger partial charge is 0.320 e. The van der Waals surface area contributed by atoms with Crippen LogP contribution in [-0.4, -0.2) is 35.7 Å². The average Bonchev–Trinajstić information content (AvgIpc) is 2.60. The molecule has 0 fully saturated rings. The lowest BCUT2D eigenvalue weighted by Crippen LogP contribution is -2.32. The predicted molar refractivity (Wildman–Crippen MR) is 89.7 cm³/mol. The summed E-state index contributed by atoms with van der Waals surface area (Å²) >= 11 is 0. The van der Waals surface area contributed by atoms with Crippen LogP contribution in [-0.2, 0) is 22.7 Å². The number of esters is 1. The van der Waals surface area contributed by atoms with E-state index in [-0.39, 0.29) is 19.1 Å². The van der Waals surface area contributed by atoms with Gasteiger partial charge in [0.25, 0.3) is 0 Å². The van der Waals surface area contributed by atoms with Crippen LogP contribution < -0.4 is 0 Å². The third kappa shape index (κ3) is 6.63. The minimum atomic E-state index is -0.247. The molecule has 4 heteroatoms. The molecule has 2 aromatic carbocycles. The third-order valence-electron chi connectivity index (χ3n) is 3.48. The van der Waals surface area contributed by atoms with E-state index in [4.69, 9.17) is 9.84 Å². The molecular formula is C19H23NO3. The van der Waals surface area contributed by atoms with Crippen molar-refractivity contribution in [1.29, 1.82) is 0 Å². The topological polar surface area (TPSA) is 49.8 Å². The summed E-state index contributed by atoms with van der Waals surface area (Å²) in [4.78, 5) is 14.1. The van der Waals surface area contributed by atoms with Crippen LogP contribution in [0.15, 0.2) is 60.7 Å². The zero-order valence-electron chi connectivity index (χ0n) is 13.2. The monoisotopic (exact) mass is 313 g/mol. The summed E-state index contributed by atoms with van der Waals surface area (Å²) in [6.07, 6.45) is 0.638. The number of benzene rings is 2. The molecular weight excluding hydrogens is 290 g/mol. The number of aliphatic hydroxyl groups is 1. The molecule has 0 amide bonds. The van der Waals surface area contributed by atoms with Crippen molar-refractivity contribution in [3.8, 4) is 0 Å². The van der Waals surface area contributed by atoms with Crippen LogP contribution in [0.3, 0.4) is 0 Å². The highest BCUT2D eigenvalue weighted by molar-refractivity contribution is 5.71. The quantitative estimate of drug-likeness (QED) is 0.723. The van der Waals surface area contributed by atoms with Crippen LogP contribution in [0, 0.1) is 0 Å². The van der Waals surface area contributed by atoms with Crippen molar-refractivity contribution >= 4 is 5.97 Å². The van der Waals surface area contributed by atoms with Crippen molar-refractivity contribution < 1.29 is 14.6 Å². The first kappa shape index (κ1) is 17.2. The lowest BCUT2D eigenvalue weighted by atomic mass is 10.2. The summed E-state index contributed by atoms with van der Waals surface area (Å²) in [6.45, 7) is 1.96. The summed E-state index contributed by atoms with van der Waals surface area (Å²) in [7, 11) is 0. The zero-order valence-corrected chi connectivity index (χ0v) is 13.2. The molecule has 2 rings (SSSR count). The van der Waals surface area contributed by atoms with Gasteiger partial charge in [-0.25, -0.2) is 0 Å². The first-order valence-corrected chi connectivity index (χ1v) is 7.84. The molecule has 0 aromatic heterocycles. The molecule has 0 radical (unpaired) electrons. The molecule has 23 heavy (non-hydrogen) atoms. The van der Waals surface area contributed by atoms with Gasteiger partial charge in [0.2, 0.25) is 0 Å². The summed E-state index contributed by atoms with van der Waals surface area (Å²) in [5, 5.41) is 9.02. The van der Waals surface area contributed by atoms with Gasteiger partial charge in [-0.2, -0.15) is 0 Å². The molecule has 0 spiro atoms. The van der Waals surface area contributed by atoms with E-state index < -0.39 is 0 Å². The van der Waals surface area contributed by atoms with Crippen molar-refractivity contribution in [2.45, 2.75) is 19.6 Å². The molecule has 0 saturated heterocycles. The first-order chi connectivity index (χ1) is 11.3. The van der Waals surface area contributed by atoms with Crippen LogP contribution in [0.25, 0.3) is 0 Å². The van der Waals surface area contributed by atoms with Crippen molar-refractivity contribution in [3.05, 3.63) is 71.8 Å². The number of hydrogen-bond acceptors (Lipinski definition) is 4. The maximum Gasteiger partial charge on any atom is 0.320 e. The van der Waals surface area contributed by atoms with Gasteiger partial charge in [0.05, 0.1) is 6.54 Å². The average molecular weight is 313 g/mol. The summed E-state index contributed by atoms with van der Waals surface area (Å²) < 4.78 is 5.33. The highest BCUT2D eigenvalue weighted by atomic mass is 16.5.